The second-order valence-electron chi connectivity index (χ2n) is 15.2. The smallest absolute Gasteiger partial charge is 0.0998 e. The molecular formula is C52H38N4. The van der Waals surface area contributed by atoms with Crippen molar-refractivity contribution in [3.8, 4) is 50.8 Å². The number of aryl methyl sites for hydroxylation is 4. The maximum atomic E-state index is 10.6. The molecule has 0 amide bonds. The van der Waals surface area contributed by atoms with Crippen LogP contribution in [0.1, 0.15) is 27.8 Å². The summed E-state index contributed by atoms with van der Waals surface area (Å²) in [5.41, 5.74) is 18.5. The minimum atomic E-state index is 0.596. The van der Waals surface area contributed by atoms with Gasteiger partial charge in [-0.3, -0.25) is 4.98 Å². The van der Waals surface area contributed by atoms with E-state index in [2.05, 4.69) is 187 Å². The Kier molecular flexibility index (Phi) is 7.73. The first-order chi connectivity index (χ1) is 27.3. The number of para-hydroxylation sites is 2. The molecule has 0 radical (unpaired) electrons. The summed E-state index contributed by atoms with van der Waals surface area (Å²) in [6.45, 7) is 8.62. The summed E-state index contributed by atoms with van der Waals surface area (Å²) in [5.74, 6) is 0. The molecule has 0 bridgehead atoms. The third kappa shape index (κ3) is 5.40. The van der Waals surface area contributed by atoms with Crippen LogP contribution in [-0.4, -0.2) is 14.1 Å². The zero-order valence-electron chi connectivity index (χ0n) is 31.8. The zero-order valence-corrected chi connectivity index (χ0v) is 31.8. The largest absolute Gasteiger partial charge is 0.309 e. The van der Waals surface area contributed by atoms with Crippen molar-refractivity contribution in [3.63, 3.8) is 0 Å². The number of rotatable bonds is 5. The molecular weight excluding hydrogens is 681 g/mol. The monoisotopic (exact) mass is 718 g/mol. The van der Waals surface area contributed by atoms with Gasteiger partial charge in [-0.25, -0.2) is 0 Å². The molecule has 0 fully saturated rings. The summed E-state index contributed by atoms with van der Waals surface area (Å²) in [6, 6.07) is 55.0. The lowest BCUT2D eigenvalue weighted by molar-refractivity contribution is 1.15. The Morgan fingerprint density at radius 3 is 1.54 bits per heavy atom. The molecule has 266 valence electrons. The highest BCUT2D eigenvalue weighted by Crippen LogP contribution is 2.41. The van der Waals surface area contributed by atoms with Crippen molar-refractivity contribution in [1.82, 2.24) is 14.1 Å². The van der Waals surface area contributed by atoms with Crippen molar-refractivity contribution in [2.75, 3.05) is 0 Å². The van der Waals surface area contributed by atoms with Crippen LogP contribution < -0.4 is 0 Å². The summed E-state index contributed by atoms with van der Waals surface area (Å²) < 4.78 is 4.65. The van der Waals surface area contributed by atoms with E-state index in [1.165, 1.54) is 66.1 Å². The van der Waals surface area contributed by atoms with Gasteiger partial charge in [-0.1, -0.05) is 107 Å². The van der Waals surface area contributed by atoms with E-state index in [4.69, 9.17) is 0 Å². The Hall–Kier alpha value is -7.22. The standard InChI is InChI=1S/C52H38N4/c1-32-21-33(2)24-39(23-32)36-14-17-50-45(27-36)42-9-5-7-11-48(42)55(50)41-16-13-38(30-53)44(29-41)47-31-54-20-19-52(47)56-49-12-8-6-10-43(49)46-28-37(15-18-51(46)56)40-25-34(3)22-35(4)26-40/h5-29,31H,1-4H3. The summed E-state index contributed by atoms with van der Waals surface area (Å²) in [7, 11) is 0. The Morgan fingerprint density at radius 1 is 0.446 bits per heavy atom. The lowest BCUT2D eigenvalue weighted by Crippen LogP contribution is -2.01. The van der Waals surface area contributed by atoms with Crippen LogP contribution in [0.25, 0.3) is 88.4 Å². The number of pyridine rings is 1. The van der Waals surface area contributed by atoms with Gasteiger partial charge in [-0.15, -0.1) is 0 Å². The van der Waals surface area contributed by atoms with Crippen LogP contribution >= 0.6 is 0 Å². The molecule has 4 nitrogen and oxygen atoms in total. The van der Waals surface area contributed by atoms with Crippen LogP contribution in [0.5, 0.6) is 0 Å². The van der Waals surface area contributed by atoms with E-state index in [0.29, 0.717) is 5.56 Å². The highest BCUT2D eigenvalue weighted by Gasteiger charge is 2.20. The summed E-state index contributed by atoms with van der Waals surface area (Å²) in [4.78, 5) is 4.65. The van der Waals surface area contributed by atoms with Crippen LogP contribution in [0.2, 0.25) is 0 Å². The molecule has 56 heavy (non-hydrogen) atoms. The zero-order chi connectivity index (χ0) is 38.1. The van der Waals surface area contributed by atoms with Crippen molar-refractivity contribution >= 4 is 43.6 Å². The average molecular weight is 719 g/mol. The number of benzene rings is 7. The van der Waals surface area contributed by atoms with E-state index in [1.807, 2.05) is 18.5 Å². The molecule has 0 aliphatic heterocycles. The summed E-state index contributed by atoms with van der Waals surface area (Å²) in [5, 5.41) is 15.3. The van der Waals surface area contributed by atoms with Gasteiger partial charge in [0.15, 0.2) is 0 Å². The number of nitriles is 1. The maximum Gasteiger partial charge on any atom is 0.0998 e. The number of nitrogens with zero attached hydrogens (tertiary/aromatic N) is 4. The molecule has 7 aromatic carbocycles. The number of hydrogen-bond acceptors (Lipinski definition) is 2. The predicted octanol–water partition coefficient (Wildman–Crippen LogP) is 13.4. The first-order valence-electron chi connectivity index (χ1n) is 19.1. The van der Waals surface area contributed by atoms with Crippen LogP contribution in [0, 0.1) is 39.0 Å². The third-order valence-electron chi connectivity index (χ3n) is 11.2. The summed E-state index contributed by atoms with van der Waals surface area (Å²) in [6.07, 6.45) is 3.75. The fraction of sp³-hybridized carbons (Fsp3) is 0.0769. The van der Waals surface area contributed by atoms with E-state index in [0.717, 1.165) is 44.6 Å². The Labute approximate surface area is 326 Å². The first kappa shape index (κ1) is 33.4. The van der Waals surface area contributed by atoms with Gasteiger partial charge in [-0.05, 0) is 111 Å². The Morgan fingerprint density at radius 2 is 0.964 bits per heavy atom. The van der Waals surface area contributed by atoms with E-state index in [-0.39, 0.29) is 0 Å². The number of aromatic nitrogens is 3. The molecule has 4 heteroatoms. The highest BCUT2D eigenvalue weighted by molar-refractivity contribution is 6.12. The molecule has 0 unspecified atom stereocenters. The molecule has 0 saturated heterocycles. The van der Waals surface area contributed by atoms with Crippen LogP contribution in [0.15, 0.2) is 158 Å². The molecule has 0 aliphatic carbocycles. The minimum Gasteiger partial charge on any atom is -0.309 e. The van der Waals surface area contributed by atoms with Gasteiger partial charge in [0.2, 0.25) is 0 Å². The molecule has 0 atom stereocenters. The quantitative estimate of drug-likeness (QED) is 0.178. The van der Waals surface area contributed by atoms with Crippen molar-refractivity contribution in [1.29, 1.82) is 5.26 Å². The average Bonchev–Trinajstić information content (AvgIpc) is 3.72. The molecule has 0 saturated carbocycles. The predicted molar refractivity (Wildman–Crippen MR) is 233 cm³/mol. The molecule has 0 N–H and O–H groups in total. The second kappa shape index (κ2) is 13.0. The molecule has 10 aromatic rings. The minimum absolute atomic E-state index is 0.596. The lowest BCUT2D eigenvalue weighted by atomic mass is 9.98. The molecule has 3 heterocycles. The van der Waals surface area contributed by atoms with Crippen molar-refractivity contribution < 1.29 is 0 Å². The SMILES string of the molecule is Cc1cc(C)cc(-c2ccc3c(c2)c2ccccc2n3-c2ccc(C#N)c(-c3cnccc3-n3c4ccccc4c4cc(-c5cc(C)cc(C)c5)ccc43)c2)c1. The van der Waals surface area contributed by atoms with Crippen LogP contribution in [-0.2, 0) is 0 Å². The molecule has 0 spiro atoms. The molecule has 0 aliphatic rings. The third-order valence-corrected chi connectivity index (χ3v) is 11.2. The number of hydrogen-bond donors (Lipinski definition) is 0. The van der Waals surface area contributed by atoms with E-state index < -0.39 is 0 Å². The highest BCUT2D eigenvalue weighted by atomic mass is 15.0. The van der Waals surface area contributed by atoms with Gasteiger partial charge in [0.05, 0.1) is 39.4 Å². The van der Waals surface area contributed by atoms with E-state index in [1.54, 1.807) is 0 Å². The Balaban J connectivity index is 1.17. The fourth-order valence-electron chi connectivity index (χ4n) is 8.91. The Bertz CT molecular complexity index is 3220. The van der Waals surface area contributed by atoms with Crippen molar-refractivity contribution in [2.24, 2.45) is 0 Å². The maximum absolute atomic E-state index is 10.6. The first-order valence-corrected chi connectivity index (χ1v) is 19.1. The number of fused-ring (bicyclic) bond motifs is 6. The van der Waals surface area contributed by atoms with E-state index in [9.17, 15) is 5.26 Å². The van der Waals surface area contributed by atoms with Crippen LogP contribution in [0.4, 0.5) is 0 Å². The summed E-state index contributed by atoms with van der Waals surface area (Å²) >= 11 is 0. The molecule has 10 rings (SSSR count). The van der Waals surface area contributed by atoms with Gasteiger partial charge in [0.25, 0.3) is 0 Å². The lowest BCUT2D eigenvalue weighted by Gasteiger charge is -2.16. The van der Waals surface area contributed by atoms with Gasteiger partial charge in [0, 0.05) is 50.8 Å². The van der Waals surface area contributed by atoms with Crippen molar-refractivity contribution in [3.05, 3.63) is 186 Å². The molecule has 3 aromatic heterocycles. The normalized spacial score (nSPS) is 11.6. The van der Waals surface area contributed by atoms with E-state index >= 15 is 0 Å². The van der Waals surface area contributed by atoms with Crippen molar-refractivity contribution in [2.45, 2.75) is 27.7 Å². The van der Waals surface area contributed by atoms with Gasteiger partial charge < -0.3 is 9.13 Å². The fourth-order valence-corrected chi connectivity index (χ4v) is 8.91. The van der Waals surface area contributed by atoms with Gasteiger partial charge >= 0.3 is 0 Å². The van der Waals surface area contributed by atoms with Gasteiger partial charge in [0.1, 0.15) is 0 Å². The van der Waals surface area contributed by atoms with Crippen LogP contribution in [0.3, 0.4) is 0 Å². The topological polar surface area (TPSA) is 46.5 Å². The van der Waals surface area contributed by atoms with Gasteiger partial charge in [-0.2, -0.15) is 5.26 Å². The second-order valence-corrected chi connectivity index (χ2v) is 15.2.